The van der Waals surface area contributed by atoms with E-state index in [1.165, 1.54) is 115 Å². The summed E-state index contributed by atoms with van der Waals surface area (Å²) < 4.78 is 14.2. The molecule has 0 aliphatic heterocycles. The highest BCUT2D eigenvalue weighted by Gasteiger charge is 2.32. The molecule has 20 rings (SSSR count). The molecule has 0 saturated heterocycles. The normalized spacial score (nSPS) is 15.3. The van der Waals surface area contributed by atoms with E-state index in [0.29, 0.717) is 64.8 Å². The molecule has 8 aromatic carbocycles. The molecule has 0 unspecified atom stereocenters. The van der Waals surface area contributed by atoms with Crippen LogP contribution in [0.1, 0.15) is 193 Å². The SMILES string of the molecule is O=C(Cc1ccc(Br)cc1)Nc1nc2c(nc1CC1CCCC1)-c1ccc(O)cc1CC2.O=C(Cc1ccc(Cl)cc1)Nc1nc2c(nc1CC1CCCC1)-c1ccc(O)cc1CC2.O=C(Cc1ccc(F)cc1)Nc1nc2c(nc1CC1CCCC1)-c1ccc(O)cc1CC2.O=C(Cc1ccc(O)cc1)Nc1nc2c(nc1CC1CCCC1)-c1ccc(O)cc1CC2. The van der Waals surface area contributed by atoms with E-state index in [9.17, 15) is 49.1 Å². The number of benzene rings is 8. The van der Waals surface area contributed by atoms with Crippen LogP contribution in [0.3, 0.4) is 0 Å². The van der Waals surface area contributed by atoms with Crippen molar-refractivity contribution in [3.05, 3.63) is 275 Å². The smallest absolute Gasteiger partial charge is 0.229 e. The highest BCUT2D eigenvalue weighted by molar-refractivity contribution is 9.10. The van der Waals surface area contributed by atoms with Gasteiger partial charge >= 0.3 is 0 Å². The number of phenolic OH excluding ortho intramolecular Hbond substituents is 5. The Labute approximate surface area is 758 Å². The number of aromatic nitrogens is 8. The molecule has 12 aromatic rings. The van der Waals surface area contributed by atoms with Crippen molar-refractivity contribution in [3.63, 3.8) is 0 Å². The summed E-state index contributed by atoms with van der Waals surface area (Å²) in [6.45, 7) is 0. The predicted octanol–water partition coefficient (Wildman–Crippen LogP) is 20.7. The first-order chi connectivity index (χ1) is 62.2. The molecule has 8 aliphatic rings. The highest BCUT2D eigenvalue weighted by Crippen LogP contribution is 2.43. The number of phenols is 5. The molecule has 4 aromatic heterocycles. The lowest BCUT2D eigenvalue weighted by Crippen LogP contribution is -2.20. The number of carbonyl (C=O) groups is 4. The van der Waals surface area contributed by atoms with Gasteiger partial charge in [-0.1, -0.05) is 179 Å². The number of nitrogens with zero attached hydrogens (tertiary/aromatic N) is 8. The molecule has 4 fully saturated rings. The molecule has 4 amide bonds. The van der Waals surface area contributed by atoms with Gasteiger partial charge in [-0.2, -0.15) is 0 Å². The second-order valence-electron chi connectivity index (χ2n) is 35.5. The van der Waals surface area contributed by atoms with E-state index >= 15 is 0 Å². The van der Waals surface area contributed by atoms with E-state index in [1.807, 2.05) is 78.9 Å². The third-order valence-corrected chi connectivity index (χ3v) is 26.8. The summed E-state index contributed by atoms with van der Waals surface area (Å²) in [7, 11) is 0. The maximum Gasteiger partial charge on any atom is 0.229 e. The fourth-order valence-corrected chi connectivity index (χ4v) is 19.8. The van der Waals surface area contributed by atoms with Crippen molar-refractivity contribution in [1.82, 2.24) is 39.9 Å². The van der Waals surface area contributed by atoms with Gasteiger partial charge in [-0.05, 0) is 267 Å². The maximum absolute atomic E-state index is 13.2. The number of fused-ring (bicyclic) bond motifs is 12. The van der Waals surface area contributed by atoms with Gasteiger partial charge in [-0.25, -0.2) is 44.3 Å². The summed E-state index contributed by atoms with van der Waals surface area (Å²) >= 11 is 9.39. The molecule has 656 valence electrons. The predicted molar refractivity (Wildman–Crippen MR) is 498 cm³/mol. The molecule has 0 spiro atoms. The zero-order valence-electron chi connectivity index (χ0n) is 71.7. The van der Waals surface area contributed by atoms with E-state index in [2.05, 4.69) is 37.2 Å². The van der Waals surface area contributed by atoms with Gasteiger partial charge in [0.25, 0.3) is 0 Å². The molecular formula is C104H105BrClFN12O9. The van der Waals surface area contributed by atoms with Crippen LogP contribution in [0.2, 0.25) is 5.02 Å². The lowest BCUT2D eigenvalue weighted by Gasteiger charge is -2.22. The molecule has 0 bridgehead atoms. The molecule has 128 heavy (non-hydrogen) atoms. The van der Waals surface area contributed by atoms with Crippen LogP contribution in [-0.4, -0.2) is 89.0 Å². The first-order valence-electron chi connectivity index (χ1n) is 45.3. The van der Waals surface area contributed by atoms with Gasteiger partial charge in [0, 0.05) is 31.7 Å². The molecule has 9 N–H and O–H groups in total. The van der Waals surface area contributed by atoms with Crippen LogP contribution in [-0.2, 0) is 122 Å². The molecule has 0 radical (unpaired) electrons. The standard InChI is InChI=1S/C26H26BrN3O2.C26H26ClN3O2.C26H26FN3O2.C26H27N3O3/c3*27-19-8-5-17(6-9-19)14-24(32)30-26-23(13-16-3-1-2-4-16)28-25-21-11-10-20(31)15-18(21)7-12-22(25)29-26;30-19-8-5-17(6-9-19)14-24(32)29-26-23(13-16-3-1-2-4-16)27-25-21-11-10-20(31)15-18(21)7-12-22(25)28-26/h3*5-6,8-11,15-16,31H,1-4,7,12-14H2,(H,29,30,32);5-6,8-11,15-16,30-31H,1-4,7,12-14H2,(H,28,29,32). The Kier molecular flexibility index (Phi) is 27.6. The third kappa shape index (κ3) is 22.1. The summed E-state index contributed by atoms with van der Waals surface area (Å²) in [5.41, 5.74) is 22.4. The average molecular weight is 1800 g/mol. The zero-order chi connectivity index (χ0) is 88.3. The zero-order valence-corrected chi connectivity index (χ0v) is 74.0. The molecule has 0 atom stereocenters. The number of nitrogens with one attached hydrogen (secondary N) is 4. The Balaban J connectivity index is 0.000000120. The molecule has 4 heterocycles. The maximum atomic E-state index is 13.2. The minimum absolute atomic E-state index is 0.0737. The second-order valence-corrected chi connectivity index (χ2v) is 36.8. The molecule has 8 aliphatic carbocycles. The van der Waals surface area contributed by atoms with Crippen molar-refractivity contribution in [2.45, 2.75) is 205 Å². The van der Waals surface area contributed by atoms with Crippen molar-refractivity contribution >= 4 is 74.4 Å². The number of hydrogen-bond donors (Lipinski definition) is 9. The quantitative estimate of drug-likeness (QED) is 0.0342. The van der Waals surface area contributed by atoms with E-state index < -0.39 is 0 Å². The largest absolute Gasteiger partial charge is 0.508 e. The first-order valence-corrected chi connectivity index (χ1v) is 46.5. The average Bonchev–Trinajstić information content (AvgIpc) is 1.10. The van der Waals surface area contributed by atoms with E-state index in [1.54, 1.807) is 78.9 Å². The number of rotatable bonds is 20. The third-order valence-electron chi connectivity index (χ3n) is 26.1. The summed E-state index contributed by atoms with van der Waals surface area (Å²) in [5, 5.41) is 61.7. The molecule has 21 nitrogen and oxygen atoms in total. The Morgan fingerprint density at radius 3 is 0.812 bits per heavy atom. The first kappa shape index (κ1) is 87.7. The molecule has 4 saturated carbocycles. The van der Waals surface area contributed by atoms with Crippen LogP contribution in [0.25, 0.3) is 45.0 Å². The van der Waals surface area contributed by atoms with Gasteiger partial charge in [-0.3, -0.25) is 19.2 Å². The van der Waals surface area contributed by atoms with Crippen molar-refractivity contribution in [3.8, 4) is 73.8 Å². The fourth-order valence-electron chi connectivity index (χ4n) is 19.5. The Morgan fingerprint density at radius 2 is 0.547 bits per heavy atom. The summed E-state index contributed by atoms with van der Waals surface area (Å²) in [4.78, 5) is 90.9. The molecule has 24 heteroatoms. The summed E-state index contributed by atoms with van der Waals surface area (Å²) in [6.07, 6.45) is 29.8. The van der Waals surface area contributed by atoms with Crippen molar-refractivity contribution in [1.29, 1.82) is 0 Å². The van der Waals surface area contributed by atoms with Crippen LogP contribution >= 0.6 is 27.5 Å². The highest BCUT2D eigenvalue weighted by atomic mass is 79.9. The number of anilines is 4. The monoisotopic (exact) mass is 1800 g/mol. The minimum Gasteiger partial charge on any atom is -0.508 e. The number of hydrogen-bond acceptors (Lipinski definition) is 17. The topological polar surface area (TPSA) is 321 Å². The summed E-state index contributed by atoms with van der Waals surface area (Å²) in [6, 6.07) is 49.5. The minimum atomic E-state index is -0.317. The lowest BCUT2D eigenvalue weighted by molar-refractivity contribution is -0.116. The van der Waals surface area contributed by atoms with Crippen LogP contribution in [0, 0.1) is 29.5 Å². The van der Waals surface area contributed by atoms with Crippen LogP contribution in [0.5, 0.6) is 28.7 Å². The number of aromatic hydroxyl groups is 5. The lowest BCUT2D eigenvalue weighted by atomic mass is 9.91. The summed E-state index contributed by atoms with van der Waals surface area (Å²) in [5.74, 6) is 5.07. The number of carbonyl (C=O) groups excluding carboxylic acids is 4. The number of aryl methyl sites for hydroxylation is 8. The Bertz CT molecular complexity index is 5360. The molecular weight excluding hydrogens is 1700 g/mol. The number of halogens is 3. The van der Waals surface area contributed by atoms with Gasteiger partial charge in [0.05, 0.1) is 94.0 Å². The van der Waals surface area contributed by atoms with Gasteiger partial charge in [0.2, 0.25) is 23.6 Å². The fraction of sp³-hybridized carbons (Fsp3) is 0.346. The van der Waals surface area contributed by atoms with Crippen molar-refractivity contribution in [2.75, 3.05) is 21.3 Å². The van der Waals surface area contributed by atoms with E-state index in [-0.39, 0.29) is 77.5 Å². The van der Waals surface area contributed by atoms with Gasteiger partial charge in [0.15, 0.2) is 23.3 Å². The van der Waals surface area contributed by atoms with E-state index in [4.69, 9.17) is 51.5 Å². The van der Waals surface area contributed by atoms with Gasteiger partial charge in [0.1, 0.15) is 34.6 Å². The van der Waals surface area contributed by atoms with Gasteiger partial charge in [-0.15, -0.1) is 0 Å². The van der Waals surface area contributed by atoms with Crippen LogP contribution in [0.4, 0.5) is 27.7 Å². The van der Waals surface area contributed by atoms with Crippen molar-refractivity contribution < 1.29 is 49.1 Å². The van der Waals surface area contributed by atoms with Crippen molar-refractivity contribution in [2.24, 2.45) is 23.7 Å². The Morgan fingerprint density at radius 1 is 0.312 bits per heavy atom. The Hall–Kier alpha value is -12.3. The number of amides is 4. The van der Waals surface area contributed by atoms with Crippen LogP contribution in [0.15, 0.2) is 174 Å². The van der Waals surface area contributed by atoms with Gasteiger partial charge < -0.3 is 46.8 Å². The van der Waals surface area contributed by atoms with Crippen LogP contribution < -0.4 is 21.3 Å². The van der Waals surface area contributed by atoms with E-state index in [0.717, 1.165) is 210 Å². The second kappa shape index (κ2) is 40.3.